The largest absolute Gasteiger partial charge is 0.353 e. The molecule has 1 aliphatic heterocycles. The van der Waals surface area contributed by atoms with Crippen LogP contribution in [0.2, 0.25) is 5.02 Å². The summed E-state index contributed by atoms with van der Waals surface area (Å²) in [5.41, 5.74) is 1.32. The number of piperazine rings is 1. The van der Waals surface area contributed by atoms with Crippen LogP contribution in [0.1, 0.15) is 30.1 Å². The topological polar surface area (TPSA) is 32.3 Å². The van der Waals surface area contributed by atoms with Gasteiger partial charge in [0, 0.05) is 49.0 Å². The van der Waals surface area contributed by atoms with Crippen LogP contribution in [0.15, 0.2) is 30.3 Å². The van der Waals surface area contributed by atoms with Crippen LogP contribution in [-0.2, 0) is 19.4 Å². The smallest absolute Gasteiger partial charge is 0.141 e. The van der Waals surface area contributed by atoms with Crippen LogP contribution in [0.25, 0.3) is 10.2 Å². The van der Waals surface area contributed by atoms with E-state index in [1.807, 2.05) is 23.5 Å². The van der Waals surface area contributed by atoms with Gasteiger partial charge in [-0.25, -0.2) is 9.97 Å². The van der Waals surface area contributed by atoms with Gasteiger partial charge in [0.1, 0.15) is 16.5 Å². The molecular formula is C21H25ClN4S. The summed E-state index contributed by atoms with van der Waals surface area (Å²) in [5.74, 6) is 2.07. The van der Waals surface area contributed by atoms with Gasteiger partial charge in [-0.1, -0.05) is 37.6 Å². The van der Waals surface area contributed by atoms with Gasteiger partial charge in [0.15, 0.2) is 0 Å². The van der Waals surface area contributed by atoms with Crippen molar-refractivity contribution in [3.8, 4) is 0 Å². The number of anilines is 1. The zero-order valence-electron chi connectivity index (χ0n) is 15.9. The molecule has 3 heterocycles. The summed E-state index contributed by atoms with van der Waals surface area (Å²) in [6.45, 7) is 9.39. The predicted molar refractivity (Wildman–Crippen MR) is 115 cm³/mol. The van der Waals surface area contributed by atoms with Gasteiger partial charge in [0.05, 0.1) is 5.39 Å². The molecule has 4 rings (SSSR count). The summed E-state index contributed by atoms with van der Waals surface area (Å²) in [6, 6.07) is 10.5. The lowest BCUT2D eigenvalue weighted by Gasteiger charge is -2.35. The van der Waals surface area contributed by atoms with Crippen LogP contribution in [0.5, 0.6) is 0 Å². The van der Waals surface area contributed by atoms with Crippen LogP contribution >= 0.6 is 22.9 Å². The summed E-state index contributed by atoms with van der Waals surface area (Å²) in [7, 11) is 0. The molecule has 0 N–H and O–H groups in total. The Morgan fingerprint density at radius 3 is 2.41 bits per heavy atom. The summed E-state index contributed by atoms with van der Waals surface area (Å²) >= 11 is 7.80. The van der Waals surface area contributed by atoms with Gasteiger partial charge in [-0.2, -0.15) is 0 Å². The van der Waals surface area contributed by atoms with E-state index >= 15 is 0 Å². The number of halogens is 1. The van der Waals surface area contributed by atoms with Crippen molar-refractivity contribution >= 4 is 39.0 Å². The first kappa shape index (κ1) is 18.7. The molecular weight excluding hydrogens is 376 g/mol. The number of hydrogen-bond donors (Lipinski definition) is 0. The molecule has 3 aromatic rings. The number of hydrogen-bond acceptors (Lipinski definition) is 5. The van der Waals surface area contributed by atoms with Crippen LogP contribution in [0.4, 0.5) is 5.82 Å². The second-order valence-electron chi connectivity index (χ2n) is 6.99. The first-order valence-electron chi connectivity index (χ1n) is 9.67. The molecule has 1 saturated heterocycles. The minimum Gasteiger partial charge on any atom is -0.353 e. The van der Waals surface area contributed by atoms with E-state index in [4.69, 9.17) is 21.6 Å². The minimum atomic E-state index is 0.797. The molecule has 0 spiro atoms. The maximum atomic E-state index is 5.99. The van der Waals surface area contributed by atoms with E-state index in [0.717, 1.165) is 67.1 Å². The van der Waals surface area contributed by atoms with Crippen LogP contribution < -0.4 is 4.90 Å². The third-order valence-corrected chi connectivity index (χ3v) is 6.55. The third kappa shape index (κ3) is 4.10. The highest BCUT2D eigenvalue weighted by molar-refractivity contribution is 7.18. The van der Waals surface area contributed by atoms with Crippen molar-refractivity contribution in [1.82, 2.24) is 14.9 Å². The summed E-state index contributed by atoms with van der Waals surface area (Å²) in [6.07, 6.45) is 1.93. The Labute approximate surface area is 169 Å². The Hall–Kier alpha value is -1.69. The van der Waals surface area contributed by atoms with Crippen LogP contribution in [0.3, 0.4) is 0 Å². The Balaban J connectivity index is 1.50. The molecule has 0 amide bonds. The Morgan fingerprint density at radius 1 is 1.00 bits per heavy atom. The SMILES string of the molecule is CCc1nc(N2CCN(Cc3ccc(Cl)cc3)CC2)c2cc(CC)sc2n1. The van der Waals surface area contributed by atoms with Crippen molar-refractivity contribution in [3.05, 3.63) is 51.6 Å². The molecule has 6 heteroatoms. The number of aryl methyl sites for hydroxylation is 2. The average Bonchev–Trinajstić information content (AvgIpc) is 3.13. The summed E-state index contributed by atoms with van der Waals surface area (Å²) < 4.78 is 0. The fourth-order valence-corrected chi connectivity index (χ4v) is 4.65. The maximum absolute atomic E-state index is 5.99. The fourth-order valence-electron chi connectivity index (χ4n) is 3.54. The van der Waals surface area contributed by atoms with Gasteiger partial charge in [-0.15, -0.1) is 11.3 Å². The van der Waals surface area contributed by atoms with E-state index in [1.165, 1.54) is 15.8 Å². The highest BCUT2D eigenvalue weighted by Gasteiger charge is 2.22. The number of aromatic nitrogens is 2. The number of rotatable bonds is 5. The van der Waals surface area contributed by atoms with E-state index in [9.17, 15) is 0 Å². The molecule has 1 aliphatic rings. The first-order chi connectivity index (χ1) is 13.2. The Bertz CT molecular complexity index is 914. The van der Waals surface area contributed by atoms with Crippen molar-refractivity contribution < 1.29 is 0 Å². The number of fused-ring (bicyclic) bond motifs is 1. The van der Waals surface area contributed by atoms with E-state index in [0.29, 0.717) is 0 Å². The van der Waals surface area contributed by atoms with Gasteiger partial charge >= 0.3 is 0 Å². The van der Waals surface area contributed by atoms with Crippen molar-refractivity contribution in [1.29, 1.82) is 0 Å². The highest BCUT2D eigenvalue weighted by Crippen LogP contribution is 2.32. The van der Waals surface area contributed by atoms with E-state index in [-0.39, 0.29) is 0 Å². The monoisotopic (exact) mass is 400 g/mol. The Kier molecular flexibility index (Phi) is 5.62. The zero-order chi connectivity index (χ0) is 18.8. The molecule has 0 bridgehead atoms. The summed E-state index contributed by atoms with van der Waals surface area (Å²) in [5, 5.41) is 2.02. The molecule has 142 valence electrons. The lowest BCUT2D eigenvalue weighted by molar-refractivity contribution is 0.249. The predicted octanol–water partition coefficient (Wildman–Crippen LogP) is 4.79. The van der Waals surface area contributed by atoms with Crippen molar-refractivity contribution in [2.24, 2.45) is 0 Å². The number of thiophene rings is 1. The molecule has 2 aromatic heterocycles. The molecule has 1 aromatic carbocycles. The molecule has 1 fully saturated rings. The lowest BCUT2D eigenvalue weighted by Crippen LogP contribution is -2.46. The van der Waals surface area contributed by atoms with Crippen LogP contribution in [0, 0.1) is 0 Å². The molecule has 0 radical (unpaired) electrons. The van der Waals surface area contributed by atoms with Gasteiger partial charge in [0.2, 0.25) is 0 Å². The molecule has 4 nitrogen and oxygen atoms in total. The second kappa shape index (κ2) is 8.13. The number of benzene rings is 1. The average molecular weight is 401 g/mol. The lowest BCUT2D eigenvalue weighted by atomic mass is 10.2. The van der Waals surface area contributed by atoms with Crippen molar-refractivity contribution in [2.45, 2.75) is 33.2 Å². The van der Waals surface area contributed by atoms with Crippen molar-refractivity contribution in [2.75, 3.05) is 31.1 Å². The second-order valence-corrected chi connectivity index (χ2v) is 8.54. The highest BCUT2D eigenvalue weighted by atomic mass is 35.5. The molecule has 0 atom stereocenters. The molecule has 0 unspecified atom stereocenters. The van der Waals surface area contributed by atoms with Crippen LogP contribution in [-0.4, -0.2) is 41.0 Å². The first-order valence-corrected chi connectivity index (χ1v) is 10.9. The quantitative estimate of drug-likeness (QED) is 0.616. The number of nitrogens with zero attached hydrogens (tertiary/aromatic N) is 4. The Morgan fingerprint density at radius 2 is 1.74 bits per heavy atom. The molecule has 0 saturated carbocycles. The maximum Gasteiger partial charge on any atom is 0.141 e. The fraction of sp³-hybridized carbons (Fsp3) is 0.429. The van der Waals surface area contributed by atoms with E-state index in [1.54, 1.807) is 0 Å². The normalized spacial score (nSPS) is 15.6. The van der Waals surface area contributed by atoms with Gasteiger partial charge in [-0.3, -0.25) is 4.90 Å². The van der Waals surface area contributed by atoms with Gasteiger partial charge < -0.3 is 4.90 Å². The standard InChI is InChI=1S/C21H25ClN4S/c1-3-17-13-18-20(23-19(4-2)24-21(18)27-17)26-11-9-25(10-12-26)14-15-5-7-16(22)8-6-15/h5-8,13H,3-4,9-12,14H2,1-2H3. The third-order valence-electron chi connectivity index (χ3n) is 5.13. The molecule has 27 heavy (non-hydrogen) atoms. The van der Waals surface area contributed by atoms with Gasteiger partial charge in [0.25, 0.3) is 0 Å². The minimum absolute atomic E-state index is 0.797. The summed E-state index contributed by atoms with van der Waals surface area (Å²) in [4.78, 5) is 17.1. The zero-order valence-corrected chi connectivity index (χ0v) is 17.5. The van der Waals surface area contributed by atoms with E-state index < -0.39 is 0 Å². The van der Waals surface area contributed by atoms with Gasteiger partial charge in [-0.05, 0) is 30.2 Å². The van der Waals surface area contributed by atoms with E-state index in [2.05, 4.69) is 41.8 Å². The molecule has 0 aliphatic carbocycles. The van der Waals surface area contributed by atoms with Crippen molar-refractivity contribution in [3.63, 3.8) is 0 Å².